The minimum atomic E-state index is -2.71. The predicted molar refractivity (Wildman–Crippen MR) is 159 cm³/mol. The molecule has 3 aliphatic heterocycles. The second kappa shape index (κ2) is 14.5. The summed E-state index contributed by atoms with van der Waals surface area (Å²) in [5, 5.41) is 40.5. The zero-order chi connectivity index (χ0) is 33.0. The van der Waals surface area contributed by atoms with Crippen molar-refractivity contribution >= 4 is 11.9 Å². The number of fused-ring (bicyclic) bond motifs is 4. The number of rotatable bonds is 13. The van der Waals surface area contributed by atoms with E-state index in [1.165, 1.54) is 19.3 Å². The molecular weight excluding hydrogens is 606 g/mol. The predicted octanol–water partition coefficient (Wildman–Crippen LogP) is 0.0634. The fourth-order valence-electron chi connectivity index (χ4n) is 6.28. The van der Waals surface area contributed by atoms with E-state index in [1.807, 2.05) is 24.3 Å². The number of benzene rings is 1. The average molecular weight is 648 g/mol. The first-order valence-electron chi connectivity index (χ1n) is 15.1. The first-order valence-corrected chi connectivity index (χ1v) is 15.1. The van der Waals surface area contributed by atoms with E-state index < -0.39 is 67.2 Å². The van der Waals surface area contributed by atoms with Crippen molar-refractivity contribution in [2.24, 2.45) is 0 Å². The molecule has 1 fully saturated rings. The van der Waals surface area contributed by atoms with Gasteiger partial charge < -0.3 is 53.6 Å². The van der Waals surface area contributed by atoms with Crippen LogP contribution in [0.3, 0.4) is 0 Å². The van der Waals surface area contributed by atoms with Crippen molar-refractivity contribution in [2.75, 3.05) is 47.3 Å². The van der Waals surface area contributed by atoms with Gasteiger partial charge in [0.2, 0.25) is 6.79 Å². The monoisotopic (exact) mass is 647 g/mol. The molecule has 0 aromatic heterocycles. The number of aliphatic hydroxyl groups excluding tert-OH is 3. The Kier molecular flexibility index (Phi) is 10.7. The first-order chi connectivity index (χ1) is 22.2. The molecule has 5 rings (SSSR count). The third-order valence-corrected chi connectivity index (χ3v) is 8.78. The highest BCUT2D eigenvalue weighted by Gasteiger charge is 2.52. The van der Waals surface area contributed by atoms with Crippen LogP contribution < -0.4 is 9.47 Å². The Morgan fingerprint density at radius 2 is 1.89 bits per heavy atom. The molecule has 1 aliphatic carbocycles. The Balaban J connectivity index is 1.36. The van der Waals surface area contributed by atoms with Crippen LogP contribution in [0.4, 0.5) is 0 Å². The van der Waals surface area contributed by atoms with E-state index in [4.69, 9.17) is 33.2 Å². The number of hydrogen-bond acceptors (Lipinski definition) is 14. The summed E-state index contributed by atoms with van der Waals surface area (Å²) in [5.74, 6) is -1.34. The Morgan fingerprint density at radius 3 is 2.57 bits per heavy atom. The summed E-state index contributed by atoms with van der Waals surface area (Å²) in [6, 6.07) is 3.59. The van der Waals surface area contributed by atoms with Crippen molar-refractivity contribution in [3.63, 3.8) is 0 Å². The van der Waals surface area contributed by atoms with Gasteiger partial charge in [-0.1, -0.05) is 18.2 Å². The second-order valence-electron chi connectivity index (χ2n) is 11.5. The van der Waals surface area contributed by atoms with Gasteiger partial charge in [-0.25, -0.2) is 9.59 Å². The van der Waals surface area contributed by atoms with Crippen molar-refractivity contribution in [2.45, 2.75) is 67.5 Å². The van der Waals surface area contributed by atoms with Crippen LogP contribution in [0.5, 0.6) is 11.5 Å². The lowest BCUT2D eigenvalue weighted by Gasteiger charge is -2.33. The third-order valence-electron chi connectivity index (χ3n) is 8.78. The van der Waals surface area contributed by atoms with Gasteiger partial charge in [-0.15, -0.1) is 6.58 Å². The summed E-state index contributed by atoms with van der Waals surface area (Å²) in [4.78, 5) is 28.8. The average Bonchev–Trinajstić information content (AvgIpc) is 3.72. The fraction of sp³-hybridized carbons (Fsp3) is 0.562. The maximum atomic E-state index is 13.7. The number of nitrogens with zero attached hydrogens (tertiary/aromatic N) is 1. The van der Waals surface area contributed by atoms with Gasteiger partial charge in [0.1, 0.15) is 24.1 Å². The second-order valence-corrected chi connectivity index (χ2v) is 11.5. The Labute approximate surface area is 266 Å². The summed E-state index contributed by atoms with van der Waals surface area (Å²) in [5.41, 5.74) is -0.846. The van der Waals surface area contributed by atoms with Gasteiger partial charge in [-0.05, 0) is 42.2 Å². The molecule has 0 bridgehead atoms. The molecule has 0 saturated carbocycles. The van der Waals surface area contributed by atoms with Crippen LogP contribution >= 0.6 is 0 Å². The zero-order valence-electron chi connectivity index (χ0n) is 25.8. The topological polar surface area (TPSA) is 183 Å². The fourth-order valence-corrected chi connectivity index (χ4v) is 6.28. The van der Waals surface area contributed by atoms with E-state index >= 15 is 0 Å². The van der Waals surface area contributed by atoms with Crippen LogP contribution in [0.1, 0.15) is 29.9 Å². The minimum Gasteiger partial charge on any atom is -0.497 e. The van der Waals surface area contributed by atoms with Crippen LogP contribution in [-0.4, -0.2) is 127 Å². The van der Waals surface area contributed by atoms with Crippen molar-refractivity contribution in [3.05, 3.63) is 59.9 Å². The highest BCUT2D eigenvalue weighted by atomic mass is 16.7. The molecule has 0 radical (unpaired) electrons. The molecule has 4 N–H and O–H groups in total. The van der Waals surface area contributed by atoms with E-state index in [9.17, 15) is 30.0 Å². The SMILES string of the molecule is C=CCCN1CCc2cc3c(cc2[C@@H]2[C@H](OC(=O)[C@@](O)(C/C=C/COC4OC(CO)C(O)C4O)C(=O)OC)C(OC)=C[C@@H]21)OCO3. The van der Waals surface area contributed by atoms with E-state index in [0.717, 1.165) is 24.7 Å². The molecule has 4 aliphatic rings. The Hall–Kier alpha value is -3.50. The third kappa shape index (κ3) is 6.51. The molecule has 3 heterocycles. The Bertz CT molecular complexity index is 1350. The van der Waals surface area contributed by atoms with Crippen molar-refractivity contribution < 1.29 is 63.2 Å². The lowest BCUT2D eigenvalue weighted by Crippen LogP contribution is -2.50. The van der Waals surface area contributed by atoms with Crippen molar-refractivity contribution in [1.29, 1.82) is 0 Å². The standard InChI is InChI=1S/C32H41NO13/c1-4-5-10-33-11-8-18-13-21-22(44-17-43-21)14-19(18)25-20(33)15-23(40-2)28(25)46-31(38)32(39,30(37)41-3)9-6-7-12-42-29-27(36)26(35)24(16-34)45-29/h4,6-7,13-15,20,24-29,34-36,39H,1,5,8-12,16-17H2,2-3H3/b7-6+/t20-,24?,25-,26?,27?,28+,29?,32+/m0/s1. The molecule has 4 unspecified atom stereocenters. The summed E-state index contributed by atoms with van der Waals surface area (Å²) in [6.07, 6.45) is 1.45. The van der Waals surface area contributed by atoms with Crippen molar-refractivity contribution in [3.8, 4) is 11.5 Å². The molecule has 46 heavy (non-hydrogen) atoms. The van der Waals surface area contributed by atoms with Gasteiger partial charge in [0.15, 0.2) is 23.9 Å². The molecule has 0 spiro atoms. The van der Waals surface area contributed by atoms with Crippen LogP contribution in [0.25, 0.3) is 0 Å². The van der Waals surface area contributed by atoms with E-state index in [2.05, 4.69) is 11.5 Å². The van der Waals surface area contributed by atoms with Gasteiger partial charge in [-0.2, -0.15) is 0 Å². The lowest BCUT2D eigenvalue weighted by molar-refractivity contribution is -0.185. The number of methoxy groups -OCH3 is 2. The highest BCUT2D eigenvalue weighted by molar-refractivity contribution is 6.03. The van der Waals surface area contributed by atoms with Crippen molar-refractivity contribution in [1.82, 2.24) is 4.90 Å². The van der Waals surface area contributed by atoms with Gasteiger partial charge in [-0.3, -0.25) is 4.90 Å². The molecule has 8 atom stereocenters. The highest BCUT2D eigenvalue weighted by Crippen LogP contribution is 2.47. The lowest BCUT2D eigenvalue weighted by atomic mass is 9.87. The number of esters is 2. The number of aliphatic hydroxyl groups is 4. The van der Waals surface area contributed by atoms with Crippen LogP contribution in [0.2, 0.25) is 0 Å². The van der Waals surface area contributed by atoms with Gasteiger partial charge >= 0.3 is 11.9 Å². The molecule has 1 saturated heterocycles. The minimum absolute atomic E-state index is 0.0991. The maximum Gasteiger partial charge on any atom is 0.351 e. The summed E-state index contributed by atoms with van der Waals surface area (Å²) >= 11 is 0. The van der Waals surface area contributed by atoms with Crippen LogP contribution in [-0.2, 0) is 39.7 Å². The number of ether oxygens (including phenoxy) is 7. The largest absolute Gasteiger partial charge is 0.497 e. The first kappa shape index (κ1) is 33.9. The quantitative estimate of drug-likeness (QED) is 0.128. The molecule has 14 nitrogen and oxygen atoms in total. The number of hydrogen-bond donors (Lipinski definition) is 4. The van der Waals surface area contributed by atoms with Gasteiger partial charge in [0.05, 0.1) is 27.4 Å². The summed E-state index contributed by atoms with van der Waals surface area (Å²) < 4.78 is 38.4. The zero-order valence-corrected chi connectivity index (χ0v) is 25.8. The normalized spacial score (nSPS) is 29.8. The van der Waals surface area contributed by atoms with E-state index in [1.54, 1.807) is 0 Å². The number of carbonyl (C=O) groups excluding carboxylic acids is 2. The maximum absolute atomic E-state index is 13.7. The van der Waals surface area contributed by atoms with Gasteiger partial charge in [0, 0.05) is 31.5 Å². The Morgan fingerprint density at radius 1 is 1.13 bits per heavy atom. The molecule has 0 amide bonds. The van der Waals surface area contributed by atoms with E-state index in [0.29, 0.717) is 36.8 Å². The molecule has 14 heteroatoms. The molecule has 1 aromatic rings. The number of carbonyl (C=O) groups is 2. The van der Waals surface area contributed by atoms with Gasteiger partial charge in [0.25, 0.3) is 5.60 Å². The molecular formula is C32H41NO13. The summed E-state index contributed by atoms with van der Waals surface area (Å²) in [6.45, 7) is 4.67. The van der Waals surface area contributed by atoms with E-state index in [-0.39, 0.29) is 19.4 Å². The summed E-state index contributed by atoms with van der Waals surface area (Å²) in [7, 11) is 2.51. The van der Waals surface area contributed by atoms with Crippen LogP contribution in [0.15, 0.2) is 48.8 Å². The smallest absolute Gasteiger partial charge is 0.351 e. The molecule has 252 valence electrons. The van der Waals surface area contributed by atoms with Crippen LogP contribution in [0, 0.1) is 0 Å². The molecule has 1 aromatic carbocycles.